The van der Waals surface area contributed by atoms with Gasteiger partial charge in [-0.05, 0) is 88.4 Å². The number of nitrogens with one attached hydrogen (secondary N) is 3. The third-order valence-corrected chi connectivity index (χ3v) is 12.4. The van der Waals surface area contributed by atoms with Gasteiger partial charge in [0.25, 0.3) is 17.7 Å². The number of pyridine rings is 1. The first kappa shape index (κ1) is 45.1. The second-order valence-electron chi connectivity index (χ2n) is 17.2. The van der Waals surface area contributed by atoms with Gasteiger partial charge in [-0.15, -0.1) is 0 Å². The summed E-state index contributed by atoms with van der Waals surface area (Å²) in [6, 6.07) is 10.0. The van der Waals surface area contributed by atoms with Gasteiger partial charge in [0.05, 0.1) is 42.1 Å². The molecule has 0 aliphatic carbocycles. The number of likely N-dealkylation sites (tertiary alicyclic amines) is 1. The van der Waals surface area contributed by atoms with Crippen molar-refractivity contribution in [2.45, 2.75) is 91.6 Å². The number of aryl methyl sites for hydroxylation is 4. The molecule has 67 heavy (non-hydrogen) atoms. The molecule has 4 amide bonds. The van der Waals surface area contributed by atoms with Gasteiger partial charge in [-0.25, -0.2) is 9.97 Å². The number of allylic oxidation sites excluding steroid dienone is 2. The number of ether oxygens (including phenoxy) is 3. The van der Waals surface area contributed by atoms with Crippen molar-refractivity contribution in [3.8, 4) is 11.5 Å². The monoisotopic (exact) mass is 912 g/mol. The summed E-state index contributed by atoms with van der Waals surface area (Å²) in [5.41, 5.74) is 11.3. The number of morpholine rings is 1. The Morgan fingerprint density at radius 1 is 0.776 bits per heavy atom. The number of fused-ring (bicyclic) bond motifs is 2. The van der Waals surface area contributed by atoms with Gasteiger partial charge in [-0.3, -0.25) is 44.4 Å². The van der Waals surface area contributed by atoms with Crippen LogP contribution in [0.25, 0.3) is 22.1 Å². The summed E-state index contributed by atoms with van der Waals surface area (Å²) in [5.74, 6) is -0.490. The Morgan fingerprint density at radius 3 is 2.03 bits per heavy atom. The molecule has 2 aromatic carbocycles. The molecule has 5 N–H and O–H groups in total. The van der Waals surface area contributed by atoms with Gasteiger partial charge in [0.2, 0.25) is 17.8 Å². The third-order valence-electron chi connectivity index (χ3n) is 12.4. The van der Waals surface area contributed by atoms with Crippen LogP contribution in [0.1, 0.15) is 98.0 Å². The topological polar surface area (TPSA) is 228 Å². The van der Waals surface area contributed by atoms with Gasteiger partial charge in [0.1, 0.15) is 28.2 Å². The number of imidazole rings is 2. The summed E-state index contributed by atoms with van der Waals surface area (Å²) in [7, 11) is 0. The standard InChI is InChI=1S/C48H56N12O7/c1-5-30-25-51-28(3)19-35(30)45(63)54-47-52-36-21-31(43(49)61)23-39-41(36)58(47)15-7-8-16-59-42-37(53-48(59)55-46(64)38-20-29(4)56-60(38)6-2)22-32(24-40(42)66-18-10-17-65-39)44(62)50-13-9-14-57-26-33-11-12-34(27-57)67-33/h7-8,19-25,33-34H,5-6,9-18,26-27H2,1-4H3,(H2,49,61)(H,50,62)(H,52,54,63)(H,53,55,64)/b8-7+. The Hall–Kier alpha value is -7.12. The molecule has 3 aliphatic heterocycles. The number of aromatic nitrogens is 7. The number of carbonyl (C=O) groups is 4. The smallest absolute Gasteiger partial charge is 0.276 e. The number of rotatable bonds is 12. The number of hydrogen-bond acceptors (Lipinski definition) is 12. The fraction of sp³-hybridized carbons (Fsp3) is 0.417. The maximum absolute atomic E-state index is 13.9. The number of carbonyl (C=O) groups excluding carboxylic acids is 4. The highest BCUT2D eigenvalue weighted by atomic mass is 16.5. The summed E-state index contributed by atoms with van der Waals surface area (Å²) in [6.45, 7) is 12.0. The predicted molar refractivity (Wildman–Crippen MR) is 251 cm³/mol. The number of benzene rings is 2. The van der Waals surface area contributed by atoms with Crippen LogP contribution in [0, 0.1) is 13.8 Å². The lowest BCUT2D eigenvalue weighted by atomic mass is 10.1. The molecule has 2 bridgehead atoms. The second-order valence-corrected chi connectivity index (χ2v) is 17.2. The van der Waals surface area contributed by atoms with Gasteiger partial charge < -0.3 is 34.4 Å². The van der Waals surface area contributed by atoms with E-state index < -0.39 is 11.8 Å². The maximum Gasteiger partial charge on any atom is 0.276 e. The molecule has 350 valence electrons. The molecule has 4 aromatic heterocycles. The van der Waals surface area contributed by atoms with Crippen LogP contribution in [0.2, 0.25) is 0 Å². The van der Waals surface area contributed by atoms with Crippen LogP contribution in [-0.4, -0.2) is 114 Å². The van der Waals surface area contributed by atoms with Crippen LogP contribution in [0.3, 0.4) is 0 Å². The van der Waals surface area contributed by atoms with Crippen LogP contribution in [0.5, 0.6) is 11.5 Å². The molecule has 2 unspecified atom stereocenters. The molecule has 6 aromatic rings. The molecule has 0 saturated carbocycles. The maximum atomic E-state index is 13.9. The molecule has 9 rings (SSSR count). The van der Waals surface area contributed by atoms with E-state index in [1.165, 1.54) is 0 Å². The van der Waals surface area contributed by atoms with E-state index in [1.54, 1.807) is 47.3 Å². The first-order valence-electron chi connectivity index (χ1n) is 23.0. The van der Waals surface area contributed by atoms with Crippen molar-refractivity contribution in [1.82, 2.24) is 44.1 Å². The van der Waals surface area contributed by atoms with Crippen molar-refractivity contribution in [1.29, 1.82) is 0 Å². The quantitative estimate of drug-likeness (QED) is 0.0920. The lowest BCUT2D eigenvalue weighted by Crippen LogP contribution is -2.43. The van der Waals surface area contributed by atoms with Crippen LogP contribution < -0.4 is 31.2 Å². The van der Waals surface area contributed by atoms with Crippen LogP contribution in [0.15, 0.2) is 54.7 Å². The van der Waals surface area contributed by atoms with E-state index in [0.717, 1.165) is 44.5 Å². The normalized spacial score (nSPS) is 17.9. The Labute approximate surface area is 387 Å². The van der Waals surface area contributed by atoms with Crippen molar-refractivity contribution in [2.24, 2.45) is 5.73 Å². The third kappa shape index (κ3) is 9.60. The molecule has 19 heteroatoms. The highest BCUT2D eigenvalue weighted by Gasteiger charge is 2.33. The van der Waals surface area contributed by atoms with Crippen molar-refractivity contribution < 1.29 is 33.4 Å². The zero-order valence-corrected chi connectivity index (χ0v) is 38.3. The molecule has 0 spiro atoms. The SMILES string of the molecule is CCc1cnc(C)cc1C(=O)Nc1nc2cc(C(N)=O)cc3c2n1C/C=C/Cn1c(NC(=O)c2cc(C)nn2CC)nc2cc(C(=O)NCCCN4CC5CCC(C4)O5)cc(c21)OCCCO3. The fourth-order valence-electron chi connectivity index (χ4n) is 9.16. The van der Waals surface area contributed by atoms with Gasteiger partial charge in [0.15, 0.2) is 0 Å². The lowest BCUT2D eigenvalue weighted by molar-refractivity contribution is -0.0383. The first-order valence-corrected chi connectivity index (χ1v) is 23.0. The van der Waals surface area contributed by atoms with E-state index in [0.29, 0.717) is 99.9 Å². The second kappa shape index (κ2) is 19.4. The zero-order valence-electron chi connectivity index (χ0n) is 38.3. The molecule has 3 aliphatic rings. The number of primary amides is 1. The van der Waals surface area contributed by atoms with E-state index in [4.69, 9.17) is 29.9 Å². The Morgan fingerprint density at radius 2 is 1.40 bits per heavy atom. The molecule has 7 heterocycles. The number of anilines is 2. The minimum atomic E-state index is -0.662. The molecular formula is C48H56N12O7. The largest absolute Gasteiger partial charge is 0.491 e. The zero-order chi connectivity index (χ0) is 46.8. The Kier molecular flexibility index (Phi) is 13.0. The summed E-state index contributed by atoms with van der Waals surface area (Å²) < 4.78 is 24.1. The minimum absolute atomic E-state index is 0.162. The van der Waals surface area contributed by atoms with E-state index >= 15 is 0 Å². The number of amides is 4. The minimum Gasteiger partial charge on any atom is -0.491 e. The summed E-state index contributed by atoms with van der Waals surface area (Å²) in [6.07, 6.45) is 10.1. The highest BCUT2D eigenvalue weighted by Crippen LogP contribution is 2.34. The molecule has 2 atom stereocenters. The highest BCUT2D eigenvalue weighted by molar-refractivity contribution is 6.06. The van der Waals surface area contributed by atoms with E-state index in [2.05, 4.69) is 30.9 Å². The van der Waals surface area contributed by atoms with E-state index in [9.17, 15) is 19.2 Å². The van der Waals surface area contributed by atoms with Crippen molar-refractivity contribution in [3.63, 3.8) is 0 Å². The molecule has 0 radical (unpaired) electrons. The van der Waals surface area contributed by atoms with Crippen LogP contribution >= 0.6 is 0 Å². The molecular weight excluding hydrogens is 857 g/mol. The van der Waals surface area contributed by atoms with Crippen LogP contribution in [-0.2, 0) is 30.8 Å². The van der Waals surface area contributed by atoms with E-state index in [1.807, 2.05) is 49.0 Å². The molecule has 2 fully saturated rings. The summed E-state index contributed by atoms with van der Waals surface area (Å²) >= 11 is 0. The summed E-state index contributed by atoms with van der Waals surface area (Å²) in [5, 5.41) is 13.6. The van der Waals surface area contributed by atoms with Crippen molar-refractivity contribution in [2.75, 3.05) is 50.0 Å². The number of nitrogens with two attached hydrogens (primary N) is 1. The van der Waals surface area contributed by atoms with Crippen LogP contribution in [0.4, 0.5) is 11.9 Å². The number of nitrogens with zero attached hydrogens (tertiary/aromatic N) is 8. The van der Waals surface area contributed by atoms with Gasteiger partial charge in [0, 0.05) is 80.8 Å². The average molecular weight is 913 g/mol. The Balaban J connectivity index is 1.05. The van der Waals surface area contributed by atoms with Gasteiger partial charge in [-0.1, -0.05) is 19.1 Å². The fourth-order valence-corrected chi connectivity index (χ4v) is 9.16. The van der Waals surface area contributed by atoms with Crippen molar-refractivity contribution in [3.05, 3.63) is 94.1 Å². The van der Waals surface area contributed by atoms with Crippen molar-refractivity contribution >= 4 is 57.6 Å². The summed E-state index contributed by atoms with van der Waals surface area (Å²) in [4.78, 5) is 70.7. The first-order chi connectivity index (χ1) is 32.5. The number of hydrogen-bond donors (Lipinski definition) is 4. The lowest BCUT2D eigenvalue weighted by Gasteiger charge is -2.32. The Bertz CT molecular complexity index is 2900. The van der Waals surface area contributed by atoms with E-state index in [-0.39, 0.29) is 55.6 Å². The predicted octanol–water partition coefficient (Wildman–Crippen LogP) is 5.18. The van der Waals surface area contributed by atoms with Gasteiger partial charge >= 0.3 is 0 Å². The molecule has 2 saturated heterocycles. The average Bonchev–Trinajstić information content (AvgIpc) is 4.07. The van der Waals surface area contributed by atoms with Gasteiger partial charge in [-0.2, -0.15) is 5.10 Å². The molecule has 19 nitrogen and oxygen atoms in total.